The van der Waals surface area contributed by atoms with Crippen LogP contribution in [0.3, 0.4) is 0 Å². The van der Waals surface area contributed by atoms with Gasteiger partial charge in [0.25, 0.3) is 0 Å². The molecule has 0 bridgehead atoms. The normalized spacial score (nSPS) is 15.8. The van der Waals surface area contributed by atoms with Crippen molar-refractivity contribution in [2.45, 2.75) is 31.7 Å². The molecule has 0 aliphatic carbocycles. The molecule has 140 valence electrons. The van der Waals surface area contributed by atoms with Crippen LogP contribution in [0, 0.1) is 0 Å². The first-order valence-corrected chi connectivity index (χ1v) is 9.95. The molecule has 0 saturated carbocycles. The lowest BCUT2D eigenvalue weighted by molar-refractivity contribution is -0.134. The number of H-pyrrole nitrogens is 1. The molecule has 4 heteroatoms. The Kier molecular flexibility index (Phi) is 5.54. The Morgan fingerprint density at radius 1 is 1.00 bits per heavy atom. The number of likely N-dealkylation sites (tertiary alicyclic amines) is 1. The molecule has 1 aliphatic heterocycles. The van der Waals surface area contributed by atoms with Gasteiger partial charge in [0.1, 0.15) is 6.04 Å². The fourth-order valence-electron chi connectivity index (χ4n) is 3.98. The topological polar surface area (TPSA) is 48.1 Å². The monoisotopic (exact) mass is 361 g/mol. The summed E-state index contributed by atoms with van der Waals surface area (Å²) in [6.45, 7) is 2.53. The number of piperidine rings is 1. The second kappa shape index (κ2) is 8.40. The number of hydrogen-bond acceptors (Lipinski definition) is 2. The summed E-state index contributed by atoms with van der Waals surface area (Å²) in [5.41, 5.74) is 3.50. The minimum Gasteiger partial charge on any atom is -0.361 e. The Bertz CT molecular complexity index is 881. The number of rotatable bonds is 6. The van der Waals surface area contributed by atoms with Crippen LogP contribution >= 0.6 is 0 Å². The number of hydrogen-bond donors (Lipinski definition) is 2. The fourth-order valence-corrected chi connectivity index (χ4v) is 3.98. The number of nitrogens with zero attached hydrogens (tertiary/aromatic N) is 1. The molecule has 2 heterocycles. The number of benzene rings is 2. The van der Waals surface area contributed by atoms with Gasteiger partial charge in [-0.2, -0.15) is 0 Å². The van der Waals surface area contributed by atoms with Crippen molar-refractivity contribution in [3.63, 3.8) is 0 Å². The highest BCUT2D eigenvalue weighted by atomic mass is 16.2. The molecule has 1 amide bonds. The van der Waals surface area contributed by atoms with Gasteiger partial charge in [-0.25, -0.2) is 0 Å². The van der Waals surface area contributed by atoms with E-state index in [1.807, 2.05) is 41.3 Å². The second-order valence-electron chi connectivity index (χ2n) is 7.29. The highest BCUT2D eigenvalue weighted by molar-refractivity contribution is 5.84. The van der Waals surface area contributed by atoms with Gasteiger partial charge in [0.2, 0.25) is 5.91 Å². The van der Waals surface area contributed by atoms with Crippen molar-refractivity contribution in [3.05, 3.63) is 71.9 Å². The van der Waals surface area contributed by atoms with Gasteiger partial charge in [-0.1, -0.05) is 48.5 Å². The van der Waals surface area contributed by atoms with E-state index in [4.69, 9.17) is 0 Å². The van der Waals surface area contributed by atoms with Gasteiger partial charge < -0.3 is 15.2 Å². The molecular weight excluding hydrogens is 334 g/mol. The van der Waals surface area contributed by atoms with E-state index in [1.54, 1.807) is 0 Å². The number of amides is 1. The summed E-state index contributed by atoms with van der Waals surface area (Å²) in [6, 6.07) is 18.2. The van der Waals surface area contributed by atoms with E-state index in [0.717, 1.165) is 50.0 Å². The van der Waals surface area contributed by atoms with E-state index in [2.05, 4.69) is 34.7 Å². The van der Waals surface area contributed by atoms with Crippen molar-refractivity contribution >= 4 is 16.8 Å². The Balaban J connectivity index is 1.46. The van der Waals surface area contributed by atoms with Crippen molar-refractivity contribution in [1.82, 2.24) is 15.2 Å². The molecule has 1 saturated heterocycles. The molecule has 2 aromatic carbocycles. The number of carbonyl (C=O) groups is 1. The molecule has 0 spiro atoms. The minimum absolute atomic E-state index is 0.208. The highest BCUT2D eigenvalue weighted by Crippen LogP contribution is 2.21. The van der Waals surface area contributed by atoms with Crippen LogP contribution in [0.4, 0.5) is 0 Å². The van der Waals surface area contributed by atoms with Crippen molar-refractivity contribution in [3.8, 4) is 0 Å². The van der Waals surface area contributed by atoms with Gasteiger partial charge in [0, 0.05) is 36.7 Å². The van der Waals surface area contributed by atoms with E-state index >= 15 is 0 Å². The Labute approximate surface area is 160 Å². The predicted octanol–water partition coefficient (Wildman–Crippen LogP) is 4.05. The lowest BCUT2D eigenvalue weighted by Crippen LogP contribution is -2.43. The number of aromatic amines is 1. The van der Waals surface area contributed by atoms with E-state index in [0.29, 0.717) is 0 Å². The summed E-state index contributed by atoms with van der Waals surface area (Å²) in [4.78, 5) is 18.5. The van der Waals surface area contributed by atoms with E-state index in [9.17, 15) is 4.79 Å². The molecule has 4 nitrogen and oxygen atoms in total. The van der Waals surface area contributed by atoms with Crippen LogP contribution < -0.4 is 5.32 Å². The van der Waals surface area contributed by atoms with Crippen molar-refractivity contribution < 1.29 is 4.79 Å². The maximum Gasteiger partial charge on any atom is 0.244 e. The quantitative estimate of drug-likeness (QED) is 0.696. The lowest BCUT2D eigenvalue weighted by Gasteiger charge is -2.31. The number of para-hydroxylation sites is 1. The van der Waals surface area contributed by atoms with Gasteiger partial charge in [-0.05, 0) is 42.9 Å². The minimum atomic E-state index is -0.269. The Morgan fingerprint density at radius 3 is 2.56 bits per heavy atom. The SMILES string of the molecule is O=C([C@H](NCCc1c[nH]c2ccccc12)c1ccccc1)N1CCCCC1. The molecule has 3 aromatic rings. The maximum absolute atomic E-state index is 13.2. The van der Waals surface area contributed by atoms with Crippen LogP contribution in [0.5, 0.6) is 0 Å². The van der Waals surface area contributed by atoms with Crippen LogP contribution in [0.2, 0.25) is 0 Å². The summed E-state index contributed by atoms with van der Waals surface area (Å²) in [7, 11) is 0. The second-order valence-corrected chi connectivity index (χ2v) is 7.29. The van der Waals surface area contributed by atoms with Crippen LogP contribution in [-0.2, 0) is 11.2 Å². The molecule has 1 fully saturated rings. The summed E-state index contributed by atoms with van der Waals surface area (Å²) >= 11 is 0. The zero-order valence-electron chi connectivity index (χ0n) is 15.7. The Hall–Kier alpha value is -2.59. The molecule has 1 aliphatic rings. The molecule has 1 aromatic heterocycles. The van der Waals surface area contributed by atoms with Crippen molar-refractivity contribution in [2.75, 3.05) is 19.6 Å². The van der Waals surface area contributed by atoms with Crippen LogP contribution in [-0.4, -0.2) is 35.4 Å². The zero-order valence-corrected chi connectivity index (χ0v) is 15.7. The number of fused-ring (bicyclic) bond motifs is 1. The number of carbonyl (C=O) groups excluding carboxylic acids is 1. The maximum atomic E-state index is 13.2. The van der Waals surface area contributed by atoms with E-state index in [1.165, 1.54) is 17.4 Å². The molecule has 2 N–H and O–H groups in total. The van der Waals surface area contributed by atoms with Gasteiger partial charge in [0.15, 0.2) is 0 Å². The summed E-state index contributed by atoms with van der Waals surface area (Å²) in [5, 5.41) is 4.79. The average molecular weight is 361 g/mol. The molecular formula is C23H27N3O. The first-order chi connectivity index (χ1) is 13.3. The first kappa shape index (κ1) is 17.8. The average Bonchev–Trinajstić information content (AvgIpc) is 3.15. The largest absolute Gasteiger partial charge is 0.361 e. The third kappa shape index (κ3) is 4.06. The third-order valence-electron chi connectivity index (χ3n) is 5.47. The predicted molar refractivity (Wildman–Crippen MR) is 110 cm³/mol. The zero-order chi connectivity index (χ0) is 18.5. The van der Waals surface area contributed by atoms with Gasteiger partial charge in [-0.15, -0.1) is 0 Å². The lowest BCUT2D eigenvalue weighted by atomic mass is 10.0. The van der Waals surface area contributed by atoms with E-state index in [-0.39, 0.29) is 11.9 Å². The molecule has 1 atom stereocenters. The summed E-state index contributed by atoms with van der Waals surface area (Å²) in [5.74, 6) is 0.208. The smallest absolute Gasteiger partial charge is 0.244 e. The van der Waals surface area contributed by atoms with Gasteiger partial charge >= 0.3 is 0 Å². The van der Waals surface area contributed by atoms with Gasteiger partial charge in [0.05, 0.1) is 0 Å². The molecule has 27 heavy (non-hydrogen) atoms. The highest BCUT2D eigenvalue weighted by Gasteiger charge is 2.26. The summed E-state index contributed by atoms with van der Waals surface area (Å²) in [6.07, 6.45) is 6.43. The van der Waals surface area contributed by atoms with Crippen LogP contribution in [0.1, 0.15) is 36.4 Å². The summed E-state index contributed by atoms with van der Waals surface area (Å²) < 4.78 is 0. The third-order valence-corrected chi connectivity index (χ3v) is 5.47. The van der Waals surface area contributed by atoms with E-state index < -0.39 is 0 Å². The number of aromatic nitrogens is 1. The van der Waals surface area contributed by atoms with Crippen LogP contribution in [0.15, 0.2) is 60.8 Å². The fraction of sp³-hybridized carbons (Fsp3) is 0.348. The van der Waals surface area contributed by atoms with Crippen molar-refractivity contribution in [2.24, 2.45) is 0 Å². The molecule has 0 unspecified atom stereocenters. The number of nitrogens with one attached hydrogen (secondary N) is 2. The standard InChI is InChI=1S/C23H27N3O/c27-23(26-15-7-2-8-16-26)22(18-9-3-1-4-10-18)24-14-13-19-17-25-21-12-6-5-11-20(19)21/h1,3-6,9-12,17,22,24-25H,2,7-8,13-16H2/t22-/m1/s1. The Morgan fingerprint density at radius 2 is 1.74 bits per heavy atom. The van der Waals surface area contributed by atoms with Crippen LogP contribution in [0.25, 0.3) is 10.9 Å². The molecule has 4 rings (SSSR count). The molecule has 0 radical (unpaired) electrons. The first-order valence-electron chi connectivity index (χ1n) is 9.95. The van der Waals surface area contributed by atoms with Gasteiger partial charge in [-0.3, -0.25) is 4.79 Å². The van der Waals surface area contributed by atoms with Crippen molar-refractivity contribution in [1.29, 1.82) is 0 Å².